The van der Waals surface area contributed by atoms with E-state index >= 15 is 0 Å². The van der Waals surface area contributed by atoms with Gasteiger partial charge in [0.1, 0.15) is 0 Å². The van der Waals surface area contributed by atoms with Gasteiger partial charge in [-0.25, -0.2) is 0 Å². The zero-order chi connectivity index (χ0) is 4.69. The van der Waals surface area contributed by atoms with Crippen LogP contribution in [0.2, 0.25) is 0 Å². The Labute approximate surface area is 75.0 Å². The first-order valence-corrected chi connectivity index (χ1v) is 2.94. The molecule has 0 spiro atoms. The van der Waals surface area contributed by atoms with Crippen molar-refractivity contribution in [2.24, 2.45) is 0 Å². The minimum Gasteiger partial charge on any atom is -0.372 e. The summed E-state index contributed by atoms with van der Waals surface area (Å²) in [7, 11) is 0. The summed E-state index contributed by atoms with van der Waals surface area (Å²) < 4.78 is 5.25. The van der Waals surface area contributed by atoms with Crippen LogP contribution in [0.5, 0.6) is 0 Å². The van der Waals surface area contributed by atoms with E-state index in [9.17, 15) is 0 Å². The Bertz CT molecular complexity index is 74.6. The molecule has 0 amide bonds. The Kier molecular flexibility index (Phi) is 2.48. The fourth-order valence-electron chi connectivity index (χ4n) is 1.20. The molecule has 2 rings (SSSR count). The normalized spacial score (nSPS) is 42.0. The van der Waals surface area contributed by atoms with Gasteiger partial charge >= 0.3 is 0 Å². The van der Waals surface area contributed by atoms with Gasteiger partial charge < -0.3 is 11.2 Å². The van der Waals surface area contributed by atoms with Crippen LogP contribution in [0.15, 0.2) is 0 Å². The molecule has 2 heteroatoms. The molecule has 0 bridgehead atoms. The summed E-state index contributed by atoms with van der Waals surface area (Å²) in [5.41, 5.74) is 0. The van der Waals surface area contributed by atoms with Crippen LogP contribution in [0.3, 0.4) is 0 Å². The third-order valence-electron chi connectivity index (χ3n) is 1.74. The molecule has 1 radical (unpaired) electrons. The molecule has 2 fully saturated rings. The van der Waals surface area contributed by atoms with Gasteiger partial charge in [0.05, 0.1) is 12.2 Å². The van der Waals surface area contributed by atoms with Gasteiger partial charge in [-0.2, -0.15) is 6.42 Å². The van der Waals surface area contributed by atoms with Crippen LogP contribution in [0.1, 0.15) is 19.3 Å². The van der Waals surface area contributed by atoms with Crippen molar-refractivity contribution in [2.45, 2.75) is 31.5 Å². The molecule has 2 atom stereocenters. The SMILES string of the molecule is [CH-]1CC[C@H]2O[C@H]2C1.[Y]. The van der Waals surface area contributed by atoms with E-state index in [1.165, 1.54) is 19.3 Å². The zero-order valence-corrected chi connectivity index (χ0v) is 7.68. The Balaban J connectivity index is 0.000000320. The first kappa shape index (κ1) is 7.17. The second-order valence-electron chi connectivity index (χ2n) is 2.31. The summed E-state index contributed by atoms with van der Waals surface area (Å²) in [6.45, 7) is 0. The largest absolute Gasteiger partial charge is 0.372 e. The molecule has 0 aromatic heterocycles. The molecule has 0 unspecified atom stereocenters. The van der Waals surface area contributed by atoms with E-state index in [4.69, 9.17) is 4.74 Å². The van der Waals surface area contributed by atoms with Gasteiger partial charge in [-0.3, -0.25) is 0 Å². The van der Waals surface area contributed by atoms with Gasteiger partial charge in [0.2, 0.25) is 0 Å². The quantitative estimate of drug-likeness (QED) is 0.408. The smallest absolute Gasteiger partial charge is 0.0791 e. The second-order valence-corrected chi connectivity index (χ2v) is 2.31. The van der Waals surface area contributed by atoms with Crippen LogP contribution in [0, 0.1) is 6.42 Å². The van der Waals surface area contributed by atoms with Crippen molar-refractivity contribution in [1.82, 2.24) is 0 Å². The van der Waals surface area contributed by atoms with E-state index in [0.717, 1.165) is 0 Å². The molecule has 2 aliphatic rings. The molecule has 43 valence electrons. The first-order valence-electron chi connectivity index (χ1n) is 2.94. The standard InChI is InChI=1S/C6H9O.Y/c1-2-4-6-5(3-1)7-6;/h1,5-6H,2-4H2;/q-1;/t5-,6+;/m0./s1. The number of hydrogen-bond donors (Lipinski definition) is 0. The van der Waals surface area contributed by atoms with Gasteiger partial charge in [-0.1, -0.05) is 6.42 Å². The van der Waals surface area contributed by atoms with E-state index in [1.54, 1.807) is 0 Å². The summed E-state index contributed by atoms with van der Waals surface area (Å²) in [4.78, 5) is 0. The number of ether oxygens (including phenoxy) is 1. The van der Waals surface area contributed by atoms with Crippen LogP contribution in [-0.2, 0) is 37.4 Å². The minimum atomic E-state index is 0. The predicted octanol–water partition coefficient (Wildman–Crippen LogP) is 1.14. The van der Waals surface area contributed by atoms with E-state index in [2.05, 4.69) is 6.42 Å². The average Bonchev–Trinajstić information content (AvgIpc) is 2.41. The van der Waals surface area contributed by atoms with E-state index in [-0.39, 0.29) is 32.7 Å². The molecule has 1 saturated heterocycles. The predicted molar refractivity (Wildman–Crippen MR) is 26.8 cm³/mol. The maximum absolute atomic E-state index is 5.25. The Morgan fingerprint density at radius 2 is 2.25 bits per heavy atom. The number of epoxide rings is 1. The van der Waals surface area contributed by atoms with Crippen LogP contribution < -0.4 is 0 Å². The zero-order valence-electron chi connectivity index (χ0n) is 4.84. The van der Waals surface area contributed by atoms with E-state index in [1.807, 2.05) is 0 Å². The molecule has 0 aromatic carbocycles. The minimum absolute atomic E-state index is 0. The van der Waals surface area contributed by atoms with Gasteiger partial charge in [0.25, 0.3) is 0 Å². The van der Waals surface area contributed by atoms with Crippen molar-refractivity contribution in [1.29, 1.82) is 0 Å². The van der Waals surface area contributed by atoms with Crippen molar-refractivity contribution in [2.75, 3.05) is 0 Å². The molecule has 1 saturated carbocycles. The summed E-state index contributed by atoms with van der Waals surface area (Å²) in [6, 6.07) is 0. The van der Waals surface area contributed by atoms with Gasteiger partial charge in [-0.05, 0) is 0 Å². The van der Waals surface area contributed by atoms with Crippen LogP contribution in [-0.4, -0.2) is 12.2 Å². The third kappa shape index (κ3) is 1.31. The molecule has 1 aliphatic heterocycles. The van der Waals surface area contributed by atoms with Crippen molar-refractivity contribution >= 4 is 0 Å². The molecule has 0 N–H and O–H groups in total. The maximum Gasteiger partial charge on any atom is 0.0791 e. The molecule has 1 aliphatic carbocycles. The Hall–Kier alpha value is 1.06. The van der Waals surface area contributed by atoms with E-state index < -0.39 is 0 Å². The fourth-order valence-corrected chi connectivity index (χ4v) is 1.20. The molecular formula is C6H9OY-. The Morgan fingerprint density at radius 3 is 2.75 bits per heavy atom. The monoisotopic (exact) mass is 186 g/mol. The fraction of sp³-hybridized carbons (Fsp3) is 0.833. The third-order valence-corrected chi connectivity index (χ3v) is 1.74. The summed E-state index contributed by atoms with van der Waals surface area (Å²) >= 11 is 0. The summed E-state index contributed by atoms with van der Waals surface area (Å²) in [5.74, 6) is 0. The van der Waals surface area contributed by atoms with Crippen LogP contribution in [0.4, 0.5) is 0 Å². The molecule has 1 nitrogen and oxygen atoms in total. The van der Waals surface area contributed by atoms with Crippen molar-refractivity contribution in [3.63, 3.8) is 0 Å². The average molecular weight is 186 g/mol. The first-order chi connectivity index (χ1) is 3.47. The maximum atomic E-state index is 5.25. The number of fused-ring (bicyclic) bond motifs is 1. The molecular weight excluding hydrogens is 177 g/mol. The van der Waals surface area contributed by atoms with Gasteiger partial charge in [0.15, 0.2) is 0 Å². The van der Waals surface area contributed by atoms with Crippen molar-refractivity contribution < 1.29 is 37.4 Å². The molecule has 1 heterocycles. The van der Waals surface area contributed by atoms with Crippen molar-refractivity contribution in [3.8, 4) is 0 Å². The van der Waals surface area contributed by atoms with Gasteiger partial charge in [0, 0.05) is 32.7 Å². The van der Waals surface area contributed by atoms with E-state index in [0.29, 0.717) is 12.2 Å². The molecule has 8 heavy (non-hydrogen) atoms. The topological polar surface area (TPSA) is 12.5 Å². The van der Waals surface area contributed by atoms with Gasteiger partial charge in [-0.15, -0.1) is 6.42 Å². The Morgan fingerprint density at radius 1 is 1.38 bits per heavy atom. The summed E-state index contributed by atoms with van der Waals surface area (Å²) in [6.07, 6.45) is 7.42. The van der Waals surface area contributed by atoms with Crippen LogP contribution >= 0.6 is 0 Å². The molecule has 0 aromatic rings. The number of rotatable bonds is 0. The second kappa shape index (κ2) is 2.76. The van der Waals surface area contributed by atoms with Crippen LogP contribution in [0.25, 0.3) is 0 Å². The van der Waals surface area contributed by atoms with Crippen molar-refractivity contribution in [3.05, 3.63) is 6.42 Å². The number of hydrogen-bond acceptors (Lipinski definition) is 1. The summed E-state index contributed by atoms with van der Waals surface area (Å²) in [5, 5.41) is 0.